The van der Waals surface area contributed by atoms with Crippen molar-refractivity contribution >= 4 is 13.8 Å². The number of carbonyl (C=O) groups is 1. The Morgan fingerprint density at radius 1 is 1.00 bits per heavy atom. The van der Waals surface area contributed by atoms with Crippen LogP contribution in [-0.4, -0.2) is 40.2 Å². The van der Waals surface area contributed by atoms with Gasteiger partial charge in [-0.1, -0.05) is 52.4 Å². The van der Waals surface area contributed by atoms with Crippen molar-refractivity contribution in [3.8, 4) is 0 Å². The number of carbonyl (C=O) groups excluding carboxylic acids is 1. The number of ether oxygens (including phenoxy) is 1. The third kappa shape index (κ3) is 17.7. The fourth-order valence-electron chi connectivity index (χ4n) is 2.02. The SMILES string of the molecule is CC(C)CCCCCCCCC(=O)OCC(O)COP(=O)(O)O. The summed E-state index contributed by atoms with van der Waals surface area (Å²) in [6, 6.07) is 0. The number of aliphatic hydroxyl groups is 1. The normalized spacial score (nSPS) is 13.3. The van der Waals surface area contributed by atoms with Gasteiger partial charge in [-0.2, -0.15) is 0 Å². The van der Waals surface area contributed by atoms with E-state index in [1.54, 1.807) is 0 Å². The fourth-order valence-corrected chi connectivity index (χ4v) is 2.39. The third-order valence-electron chi connectivity index (χ3n) is 3.28. The van der Waals surface area contributed by atoms with Crippen molar-refractivity contribution in [1.82, 2.24) is 0 Å². The lowest BCUT2D eigenvalue weighted by Gasteiger charge is -2.12. The highest BCUT2D eigenvalue weighted by Gasteiger charge is 2.17. The summed E-state index contributed by atoms with van der Waals surface area (Å²) in [6.45, 7) is 3.55. The summed E-state index contributed by atoms with van der Waals surface area (Å²) in [6.07, 6.45) is 6.80. The first kappa shape index (κ1) is 22.5. The van der Waals surface area contributed by atoms with Gasteiger partial charge in [0.25, 0.3) is 0 Å². The highest BCUT2D eigenvalue weighted by molar-refractivity contribution is 7.46. The Morgan fingerprint density at radius 2 is 1.57 bits per heavy atom. The lowest BCUT2D eigenvalue weighted by Crippen LogP contribution is -2.23. The lowest BCUT2D eigenvalue weighted by molar-refractivity contribution is -0.147. The predicted octanol–water partition coefficient (Wildman–Crippen LogP) is 2.78. The molecular formula is C15H31O7P. The minimum Gasteiger partial charge on any atom is -0.463 e. The van der Waals surface area contributed by atoms with Crippen LogP contribution in [0.2, 0.25) is 0 Å². The molecule has 1 unspecified atom stereocenters. The van der Waals surface area contributed by atoms with E-state index in [2.05, 4.69) is 18.4 Å². The molecule has 0 rings (SSSR count). The standard InChI is InChI=1S/C15H31O7P/c1-13(2)9-7-5-3-4-6-8-10-15(17)21-11-14(16)12-22-23(18,19)20/h13-14,16H,3-12H2,1-2H3,(H2,18,19,20). The van der Waals surface area contributed by atoms with Gasteiger partial charge < -0.3 is 19.6 Å². The lowest BCUT2D eigenvalue weighted by atomic mass is 10.0. The molecule has 0 aromatic rings. The van der Waals surface area contributed by atoms with Crippen molar-refractivity contribution in [2.45, 2.75) is 71.3 Å². The van der Waals surface area contributed by atoms with Crippen molar-refractivity contribution < 1.29 is 33.5 Å². The molecule has 0 aliphatic carbocycles. The molecule has 0 radical (unpaired) electrons. The summed E-state index contributed by atoms with van der Waals surface area (Å²) < 4.78 is 19.4. The van der Waals surface area contributed by atoms with E-state index in [9.17, 15) is 14.5 Å². The number of aliphatic hydroxyl groups excluding tert-OH is 1. The van der Waals surface area contributed by atoms with E-state index in [0.717, 1.165) is 25.2 Å². The largest absolute Gasteiger partial charge is 0.469 e. The molecule has 0 aromatic heterocycles. The zero-order chi connectivity index (χ0) is 17.7. The van der Waals surface area contributed by atoms with Gasteiger partial charge in [-0.05, 0) is 12.3 Å². The molecule has 0 spiro atoms. The van der Waals surface area contributed by atoms with Crippen LogP contribution in [-0.2, 0) is 18.6 Å². The van der Waals surface area contributed by atoms with Gasteiger partial charge in [-0.3, -0.25) is 9.32 Å². The summed E-state index contributed by atoms with van der Waals surface area (Å²) in [4.78, 5) is 28.4. The highest BCUT2D eigenvalue weighted by Crippen LogP contribution is 2.35. The molecule has 1 atom stereocenters. The average Bonchev–Trinajstić information content (AvgIpc) is 2.44. The minimum absolute atomic E-state index is 0.290. The number of hydrogen-bond donors (Lipinski definition) is 3. The molecule has 138 valence electrons. The predicted molar refractivity (Wildman–Crippen MR) is 86.7 cm³/mol. The van der Waals surface area contributed by atoms with E-state index in [-0.39, 0.29) is 13.0 Å². The van der Waals surface area contributed by atoms with Gasteiger partial charge in [0.1, 0.15) is 12.7 Å². The van der Waals surface area contributed by atoms with Crippen LogP contribution in [0.15, 0.2) is 0 Å². The Bertz CT molecular complexity index is 354. The van der Waals surface area contributed by atoms with Crippen molar-refractivity contribution in [2.24, 2.45) is 5.92 Å². The summed E-state index contributed by atoms with van der Waals surface area (Å²) in [5.74, 6) is 0.340. The van der Waals surface area contributed by atoms with Crippen LogP contribution in [0, 0.1) is 5.92 Å². The molecule has 0 aliphatic rings. The molecule has 3 N–H and O–H groups in total. The zero-order valence-corrected chi connectivity index (χ0v) is 15.0. The van der Waals surface area contributed by atoms with Gasteiger partial charge in [0.2, 0.25) is 0 Å². The molecule has 0 saturated carbocycles. The van der Waals surface area contributed by atoms with Crippen LogP contribution >= 0.6 is 7.82 Å². The molecular weight excluding hydrogens is 323 g/mol. The molecule has 7 nitrogen and oxygen atoms in total. The van der Waals surface area contributed by atoms with Crippen LogP contribution in [0.4, 0.5) is 0 Å². The summed E-state index contributed by atoms with van der Waals surface area (Å²) in [7, 11) is -4.61. The van der Waals surface area contributed by atoms with Gasteiger partial charge in [0, 0.05) is 6.42 Å². The van der Waals surface area contributed by atoms with Gasteiger partial charge >= 0.3 is 13.8 Å². The van der Waals surface area contributed by atoms with Crippen molar-refractivity contribution in [1.29, 1.82) is 0 Å². The summed E-state index contributed by atoms with van der Waals surface area (Å²) in [5.41, 5.74) is 0. The maximum absolute atomic E-state index is 11.4. The van der Waals surface area contributed by atoms with Gasteiger partial charge in [-0.15, -0.1) is 0 Å². The Kier molecular flexibility index (Phi) is 12.6. The van der Waals surface area contributed by atoms with E-state index in [1.807, 2.05) is 0 Å². The molecule has 0 heterocycles. The average molecular weight is 354 g/mol. The number of hydrogen-bond acceptors (Lipinski definition) is 5. The molecule has 0 saturated heterocycles. The van der Waals surface area contributed by atoms with E-state index in [4.69, 9.17) is 14.5 Å². The Balaban J connectivity index is 3.45. The van der Waals surface area contributed by atoms with E-state index >= 15 is 0 Å². The number of phosphoric acid groups is 1. The number of esters is 1. The topological polar surface area (TPSA) is 113 Å². The second kappa shape index (κ2) is 12.9. The van der Waals surface area contributed by atoms with Crippen molar-refractivity contribution in [3.05, 3.63) is 0 Å². The van der Waals surface area contributed by atoms with Crippen molar-refractivity contribution in [3.63, 3.8) is 0 Å². The first-order valence-corrected chi connectivity index (χ1v) is 9.77. The van der Waals surface area contributed by atoms with Crippen molar-refractivity contribution in [2.75, 3.05) is 13.2 Å². The zero-order valence-electron chi connectivity index (χ0n) is 14.1. The number of phosphoric ester groups is 1. The molecule has 0 bridgehead atoms. The molecule has 0 aliphatic heterocycles. The molecule has 23 heavy (non-hydrogen) atoms. The molecule has 8 heteroatoms. The van der Waals surface area contributed by atoms with E-state index in [1.165, 1.54) is 25.7 Å². The number of unbranched alkanes of at least 4 members (excludes halogenated alkanes) is 5. The molecule has 0 aromatic carbocycles. The fraction of sp³-hybridized carbons (Fsp3) is 0.933. The second-order valence-electron chi connectivity index (χ2n) is 6.18. The van der Waals surface area contributed by atoms with Crippen LogP contribution in [0.25, 0.3) is 0 Å². The quantitative estimate of drug-likeness (QED) is 0.250. The Morgan fingerprint density at radius 3 is 2.13 bits per heavy atom. The minimum atomic E-state index is -4.61. The monoisotopic (exact) mass is 354 g/mol. The summed E-state index contributed by atoms with van der Waals surface area (Å²) in [5, 5.41) is 9.35. The first-order chi connectivity index (χ1) is 10.7. The Hall–Kier alpha value is -0.460. The number of rotatable bonds is 14. The maximum Gasteiger partial charge on any atom is 0.469 e. The van der Waals surface area contributed by atoms with Crippen LogP contribution in [0.5, 0.6) is 0 Å². The van der Waals surface area contributed by atoms with E-state index < -0.39 is 26.5 Å². The molecule has 0 amide bonds. The smallest absolute Gasteiger partial charge is 0.463 e. The highest BCUT2D eigenvalue weighted by atomic mass is 31.2. The summed E-state index contributed by atoms with van der Waals surface area (Å²) >= 11 is 0. The second-order valence-corrected chi connectivity index (χ2v) is 7.42. The maximum atomic E-state index is 11.4. The van der Waals surface area contributed by atoms with Crippen LogP contribution in [0.3, 0.4) is 0 Å². The van der Waals surface area contributed by atoms with Crippen LogP contribution < -0.4 is 0 Å². The first-order valence-electron chi connectivity index (χ1n) is 8.24. The Labute approximate surface area is 138 Å². The van der Waals surface area contributed by atoms with Gasteiger partial charge in [0.05, 0.1) is 6.61 Å². The van der Waals surface area contributed by atoms with Crippen LogP contribution in [0.1, 0.15) is 65.2 Å². The third-order valence-corrected chi connectivity index (χ3v) is 3.77. The van der Waals surface area contributed by atoms with E-state index in [0.29, 0.717) is 0 Å². The van der Waals surface area contributed by atoms with Gasteiger partial charge in [-0.25, -0.2) is 4.57 Å². The molecule has 0 fully saturated rings. The van der Waals surface area contributed by atoms with Gasteiger partial charge in [0.15, 0.2) is 0 Å².